The van der Waals surface area contributed by atoms with Gasteiger partial charge in [0.2, 0.25) is 0 Å². The Morgan fingerprint density at radius 1 is 1.69 bits per heavy atom. The van der Waals surface area contributed by atoms with Crippen LogP contribution in [0.4, 0.5) is 0 Å². The first-order chi connectivity index (χ1) is 7.47. The average molecular weight is 224 g/mol. The minimum atomic E-state index is -0.359. The number of hydrogen-bond donors (Lipinski definition) is 3. The van der Waals surface area contributed by atoms with E-state index in [9.17, 15) is 4.79 Å². The molecular formula is C11H20N4O. The van der Waals surface area contributed by atoms with E-state index in [4.69, 9.17) is 5.73 Å². The maximum Gasteiger partial charge on any atom is 0.254 e. The van der Waals surface area contributed by atoms with E-state index >= 15 is 0 Å². The van der Waals surface area contributed by atoms with Gasteiger partial charge in [-0.05, 0) is 19.3 Å². The number of aromatic nitrogens is 2. The summed E-state index contributed by atoms with van der Waals surface area (Å²) in [5, 5.41) is 9.31. The number of amides is 1. The fourth-order valence-electron chi connectivity index (χ4n) is 1.81. The summed E-state index contributed by atoms with van der Waals surface area (Å²) in [7, 11) is 0. The van der Waals surface area contributed by atoms with Crippen LogP contribution in [0.2, 0.25) is 0 Å². The van der Waals surface area contributed by atoms with Gasteiger partial charge in [0.25, 0.3) is 5.91 Å². The van der Waals surface area contributed by atoms with E-state index in [0.717, 1.165) is 6.42 Å². The molecule has 5 nitrogen and oxygen atoms in total. The molecule has 0 aliphatic carbocycles. The molecule has 1 unspecified atom stereocenters. The lowest BCUT2D eigenvalue weighted by Crippen LogP contribution is -2.52. The summed E-state index contributed by atoms with van der Waals surface area (Å²) in [5.41, 5.74) is 5.89. The summed E-state index contributed by atoms with van der Waals surface area (Å²) in [6.07, 6.45) is 3.93. The standard InChI is InChI=1S/C11H20N4O/c1-8(2)4-11(3,7-12)15-10(16)9-5-13-14-6-9/h5-6,8H,4,7,12H2,1-3H3,(H,13,14)(H,15,16). The SMILES string of the molecule is CC(C)CC(C)(CN)NC(=O)c1cn[nH]c1. The first-order valence-corrected chi connectivity index (χ1v) is 5.48. The first kappa shape index (κ1) is 12.7. The zero-order valence-electron chi connectivity index (χ0n) is 10.1. The summed E-state index contributed by atoms with van der Waals surface area (Å²) in [5.74, 6) is 0.348. The van der Waals surface area contributed by atoms with Crippen molar-refractivity contribution >= 4 is 5.91 Å². The molecule has 1 amide bonds. The van der Waals surface area contributed by atoms with Crippen molar-refractivity contribution in [3.05, 3.63) is 18.0 Å². The Labute approximate surface area is 95.8 Å². The van der Waals surface area contributed by atoms with Gasteiger partial charge in [-0.3, -0.25) is 9.89 Å². The zero-order chi connectivity index (χ0) is 12.2. The number of nitrogens with two attached hydrogens (primary N) is 1. The third kappa shape index (κ3) is 3.34. The summed E-state index contributed by atoms with van der Waals surface area (Å²) < 4.78 is 0. The molecule has 0 saturated heterocycles. The minimum absolute atomic E-state index is 0.137. The fourth-order valence-corrected chi connectivity index (χ4v) is 1.81. The molecule has 1 rings (SSSR count). The van der Waals surface area contributed by atoms with Gasteiger partial charge in [-0.15, -0.1) is 0 Å². The lowest BCUT2D eigenvalue weighted by Gasteiger charge is -2.31. The van der Waals surface area contributed by atoms with Crippen LogP contribution in [0, 0.1) is 5.92 Å². The maximum absolute atomic E-state index is 11.8. The molecule has 0 bridgehead atoms. The van der Waals surface area contributed by atoms with Crippen LogP contribution in [0.3, 0.4) is 0 Å². The van der Waals surface area contributed by atoms with Crippen molar-refractivity contribution in [1.29, 1.82) is 0 Å². The Bertz CT molecular complexity index is 334. The van der Waals surface area contributed by atoms with Crippen molar-refractivity contribution in [2.45, 2.75) is 32.7 Å². The predicted octanol–water partition coefficient (Wildman–Crippen LogP) is 0.903. The van der Waals surface area contributed by atoms with E-state index in [-0.39, 0.29) is 11.4 Å². The van der Waals surface area contributed by atoms with Crippen molar-refractivity contribution in [2.24, 2.45) is 11.7 Å². The number of aromatic amines is 1. The highest BCUT2D eigenvalue weighted by Crippen LogP contribution is 2.15. The number of nitrogens with zero attached hydrogens (tertiary/aromatic N) is 1. The Balaban J connectivity index is 2.66. The molecule has 0 radical (unpaired) electrons. The highest BCUT2D eigenvalue weighted by molar-refractivity contribution is 5.94. The second-order valence-electron chi connectivity index (χ2n) is 4.80. The molecule has 1 aromatic heterocycles. The van der Waals surface area contributed by atoms with Gasteiger partial charge in [-0.2, -0.15) is 5.10 Å². The third-order valence-electron chi connectivity index (χ3n) is 2.49. The molecule has 0 saturated carbocycles. The summed E-state index contributed by atoms with van der Waals surface area (Å²) in [6.45, 7) is 6.61. The molecule has 1 heterocycles. The van der Waals surface area contributed by atoms with E-state index in [2.05, 4.69) is 29.4 Å². The second-order valence-corrected chi connectivity index (χ2v) is 4.80. The lowest BCUT2D eigenvalue weighted by molar-refractivity contribution is 0.0898. The largest absolute Gasteiger partial charge is 0.346 e. The number of carbonyl (C=O) groups excluding carboxylic acids is 1. The van der Waals surface area contributed by atoms with E-state index < -0.39 is 0 Å². The average Bonchev–Trinajstić information content (AvgIpc) is 2.69. The molecule has 0 aliphatic heterocycles. The number of nitrogens with one attached hydrogen (secondary N) is 2. The predicted molar refractivity (Wildman–Crippen MR) is 63.0 cm³/mol. The normalized spacial score (nSPS) is 14.8. The number of H-pyrrole nitrogens is 1. The van der Waals surface area contributed by atoms with Crippen LogP contribution in [0.1, 0.15) is 37.6 Å². The minimum Gasteiger partial charge on any atom is -0.346 e. The van der Waals surface area contributed by atoms with Crippen LogP contribution in [-0.4, -0.2) is 28.2 Å². The maximum atomic E-state index is 11.8. The quantitative estimate of drug-likeness (QED) is 0.695. The van der Waals surface area contributed by atoms with Gasteiger partial charge in [0.15, 0.2) is 0 Å². The van der Waals surface area contributed by atoms with Crippen LogP contribution in [0.5, 0.6) is 0 Å². The van der Waals surface area contributed by atoms with Crippen LogP contribution < -0.4 is 11.1 Å². The molecule has 0 aliphatic rings. The van der Waals surface area contributed by atoms with E-state index in [1.54, 1.807) is 6.20 Å². The van der Waals surface area contributed by atoms with Gasteiger partial charge < -0.3 is 11.1 Å². The van der Waals surface area contributed by atoms with Crippen LogP contribution in [0.25, 0.3) is 0 Å². The summed E-state index contributed by atoms with van der Waals surface area (Å²) in [4.78, 5) is 11.8. The molecule has 1 atom stereocenters. The third-order valence-corrected chi connectivity index (χ3v) is 2.49. The topological polar surface area (TPSA) is 83.8 Å². The number of hydrogen-bond acceptors (Lipinski definition) is 3. The number of carbonyl (C=O) groups is 1. The second kappa shape index (κ2) is 5.12. The van der Waals surface area contributed by atoms with Gasteiger partial charge in [0, 0.05) is 18.3 Å². The van der Waals surface area contributed by atoms with Crippen LogP contribution in [0.15, 0.2) is 12.4 Å². The van der Waals surface area contributed by atoms with Gasteiger partial charge in [0.1, 0.15) is 0 Å². The van der Waals surface area contributed by atoms with Crippen molar-refractivity contribution in [3.63, 3.8) is 0 Å². The molecule has 16 heavy (non-hydrogen) atoms. The van der Waals surface area contributed by atoms with Gasteiger partial charge in [-0.25, -0.2) is 0 Å². The van der Waals surface area contributed by atoms with E-state index in [1.807, 2.05) is 6.92 Å². The molecule has 5 heteroatoms. The monoisotopic (exact) mass is 224 g/mol. The smallest absolute Gasteiger partial charge is 0.254 e. The van der Waals surface area contributed by atoms with Gasteiger partial charge >= 0.3 is 0 Å². The Kier molecular flexibility index (Phi) is 4.06. The Morgan fingerprint density at radius 2 is 2.38 bits per heavy atom. The Hall–Kier alpha value is -1.36. The highest BCUT2D eigenvalue weighted by Gasteiger charge is 2.26. The van der Waals surface area contributed by atoms with Crippen molar-refractivity contribution in [1.82, 2.24) is 15.5 Å². The number of rotatable bonds is 5. The Morgan fingerprint density at radius 3 is 2.81 bits per heavy atom. The fraction of sp³-hybridized carbons (Fsp3) is 0.636. The highest BCUT2D eigenvalue weighted by atomic mass is 16.1. The molecule has 1 aromatic rings. The van der Waals surface area contributed by atoms with E-state index in [1.165, 1.54) is 6.20 Å². The van der Waals surface area contributed by atoms with Crippen molar-refractivity contribution < 1.29 is 4.79 Å². The molecule has 0 spiro atoms. The zero-order valence-corrected chi connectivity index (χ0v) is 10.1. The van der Waals surface area contributed by atoms with Crippen molar-refractivity contribution in [2.75, 3.05) is 6.54 Å². The molecule has 0 aromatic carbocycles. The van der Waals surface area contributed by atoms with Gasteiger partial charge in [-0.1, -0.05) is 13.8 Å². The summed E-state index contributed by atoms with van der Waals surface area (Å²) >= 11 is 0. The molecule has 90 valence electrons. The molecule has 4 N–H and O–H groups in total. The van der Waals surface area contributed by atoms with E-state index in [0.29, 0.717) is 18.0 Å². The molecular weight excluding hydrogens is 204 g/mol. The van der Waals surface area contributed by atoms with Crippen molar-refractivity contribution in [3.8, 4) is 0 Å². The van der Waals surface area contributed by atoms with Gasteiger partial charge in [0.05, 0.1) is 11.8 Å². The summed E-state index contributed by atoms with van der Waals surface area (Å²) in [6, 6.07) is 0. The first-order valence-electron chi connectivity index (χ1n) is 5.48. The lowest BCUT2D eigenvalue weighted by atomic mass is 9.90. The molecule has 0 fully saturated rings. The van der Waals surface area contributed by atoms with Crippen LogP contribution >= 0.6 is 0 Å². The van der Waals surface area contributed by atoms with Crippen LogP contribution in [-0.2, 0) is 0 Å².